The largest absolute Gasteiger partial charge is 0.461 e. The molecule has 0 radical (unpaired) electrons. The van der Waals surface area contributed by atoms with Gasteiger partial charge in [0, 0.05) is 5.38 Å². The zero-order valence-corrected chi connectivity index (χ0v) is 14.6. The molecule has 0 spiro atoms. The number of halogens is 4. The van der Waals surface area contributed by atoms with Crippen molar-refractivity contribution in [1.29, 1.82) is 0 Å². The van der Waals surface area contributed by atoms with Gasteiger partial charge < -0.3 is 9.84 Å². The van der Waals surface area contributed by atoms with Gasteiger partial charge in [-0.2, -0.15) is 23.3 Å². The second kappa shape index (κ2) is 6.89. The number of thiazole rings is 1. The summed E-state index contributed by atoms with van der Waals surface area (Å²) in [5.74, 6) is -1.35. The number of rotatable bonds is 4. The van der Waals surface area contributed by atoms with Crippen LogP contribution in [-0.2, 0) is 4.74 Å². The standard InChI is InChI=1S/C16H13F4N3O3S/c1-2-26-13(24)12-8-27-14(21-12)23-15(25,16(18,19)20)7-11(22-23)9-3-5-10(17)6-4-9/h3-6,8,25H,2,7H2,1H3/t15-/m1/s1. The summed E-state index contributed by atoms with van der Waals surface area (Å²) in [7, 11) is 0. The van der Waals surface area contributed by atoms with E-state index in [4.69, 9.17) is 4.74 Å². The average molecular weight is 403 g/mol. The molecule has 0 aliphatic carbocycles. The van der Waals surface area contributed by atoms with Crippen LogP contribution < -0.4 is 5.01 Å². The van der Waals surface area contributed by atoms with Crippen LogP contribution in [-0.4, -0.2) is 40.3 Å². The number of hydrazone groups is 1. The Balaban J connectivity index is 2.01. The maximum Gasteiger partial charge on any atom is 0.438 e. The van der Waals surface area contributed by atoms with Crippen LogP contribution in [0, 0.1) is 5.82 Å². The van der Waals surface area contributed by atoms with Gasteiger partial charge in [0.15, 0.2) is 5.69 Å². The number of benzene rings is 1. The summed E-state index contributed by atoms with van der Waals surface area (Å²) in [5.41, 5.74) is -3.40. The summed E-state index contributed by atoms with van der Waals surface area (Å²) in [6.07, 6.45) is -5.94. The molecule has 11 heteroatoms. The summed E-state index contributed by atoms with van der Waals surface area (Å²) in [6.45, 7) is 1.65. The van der Waals surface area contributed by atoms with E-state index >= 15 is 0 Å². The molecule has 0 unspecified atom stereocenters. The minimum Gasteiger partial charge on any atom is -0.461 e. The number of carbonyl (C=O) groups is 1. The first-order valence-corrected chi connectivity index (χ1v) is 8.59. The van der Waals surface area contributed by atoms with Crippen LogP contribution in [0.4, 0.5) is 22.7 Å². The molecule has 0 saturated heterocycles. The van der Waals surface area contributed by atoms with Gasteiger partial charge in [-0.05, 0) is 24.6 Å². The first kappa shape index (κ1) is 19.2. The first-order chi connectivity index (χ1) is 12.7. The van der Waals surface area contributed by atoms with Crippen molar-refractivity contribution in [1.82, 2.24) is 4.98 Å². The number of hydrogen-bond acceptors (Lipinski definition) is 7. The van der Waals surface area contributed by atoms with Gasteiger partial charge >= 0.3 is 12.1 Å². The lowest BCUT2D eigenvalue weighted by atomic mass is 10.0. The summed E-state index contributed by atoms with van der Waals surface area (Å²) in [5, 5.41) is 15.4. The van der Waals surface area contributed by atoms with Gasteiger partial charge in [-0.1, -0.05) is 12.1 Å². The molecule has 0 saturated carbocycles. The van der Waals surface area contributed by atoms with Crippen LogP contribution in [0.1, 0.15) is 29.4 Å². The van der Waals surface area contributed by atoms with Crippen molar-refractivity contribution in [2.75, 3.05) is 11.6 Å². The molecule has 3 rings (SSSR count). The molecule has 1 aromatic carbocycles. The molecule has 1 aliphatic heterocycles. The first-order valence-electron chi connectivity index (χ1n) is 7.71. The third-order valence-electron chi connectivity index (χ3n) is 3.77. The third-order valence-corrected chi connectivity index (χ3v) is 4.59. The Morgan fingerprint density at radius 2 is 2.04 bits per heavy atom. The maximum atomic E-state index is 13.6. The number of nitrogens with zero attached hydrogens (tertiary/aromatic N) is 3. The van der Waals surface area contributed by atoms with Crippen molar-refractivity contribution in [3.63, 3.8) is 0 Å². The lowest BCUT2D eigenvalue weighted by molar-refractivity contribution is -0.254. The molecular weight excluding hydrogens is 390 g/mol. The number of ether oxygens (including phenoxy) is 1. The van der Waals surface area contributed by atoms with E-state index in [1.165, 1.54) is 17.5 Å². The fourth-order valence-corrected chi connectivity index (χ4v) is 3.24. The number of anilines is 1. The Bertz CT molecular complexity index is 882. The molecule has 1 aromatic heterocycles. The smallest absolute Gasteiger partial charge is 0.438 e. The molecule has 0 bridgehead atoms. The van der Waals surface area contributed by atoms with Crippen LogP contribution in [0.2, 0.25) is 0 Å². The van der Waals surface area contributed by atoms with Gasteiger partial charge in [-0.3, -0.25) is 0 Å². The minimum absolute atomic E-state index is 0.0781. The van der Waals surface area contributed by atoms with Gasteiger partial charge in [0.1, 0.15) is 5.82 Å². The predicted octanol–water partition coefficient (Wildman–Crippen LogP) is 3.32. The molecule has 2 aromatic rings. The van der Waals surface area contributed by atoms with E-state index in [-0.39, 0.29) is 28.7 Å². The highest BCUT2D eigenvalue weighted by Crippen LogP contribution is 2.44. The molecule has 2 heterocycles. The Morgan fingerprint density at radius 1 is 1.37 bits per heavy atom. The zero-order valence-electron chi connectivity index (χ0n) is 13.8. The number of hydrogen-bond donors (Lipinski definition) is 1. The molecule has 1 aliphatic rings. The molecule has 1 N–H and O–H groups in total. The monoisotopic (exact) mass is 403 g/mol. The van der Waals surface area contributed by atoms with Crippen molar-refractivity contribution in [2.45, 2.75) is 25.2 Å². The van der Waals surface area contributed by atoms with Gasteiger partial charge in [0.2, 0.25) is 5.13 Å². The second-order valence-corrected chi connectivity index (χ2v) is 6.43. The van der Waals surface area contributed by atoms with E-state index in [0.717, 1.165) is 12.1 Å². The van der Waals surface area contributed by atoms with E-state index in [9.17, 15) is 27.5 Å². The van der Waals surface area contributed by atoms with Gasteiger partial charge in [-0.25, -0.2) is 14.2 Å². The normalized spacial score (nSPS) is 19.9. The van der Waals surface area contributed by atoms with Crippen molar-refractivity contribution in [2.24, 2.45) is 5.10 Å². The van der Waals surface area contributed by atoms with Crippen LogP contribution in [0.5, 0.6) is 0 Å². The SMILES string of the molecule is CCOC(=O)c1csc(N2N=C(c3ccc(F)cc3)C[C@@]2(O)C(F)(F)F)n1. The molecule has 144 valence electrons. The van der Waals surface area contributed by atoms with Crippen LogP contribution in [0.15, 0.2) is 34.7 Å². The van der Waals surface area contributed by atoms with Crippen molar-refractivity contribution < 1.29 is 32.2 Å². The fourth-order valence-electron chi connectivity index (χ4n) is 2.43. The Hall–Kier alpha value is -2.53. The second-order valence-electron chi connectivity index (χ2n) is 5.59. The van der Waals surface area contributed by atoms with Gasteiger partial charge in [0.25, 0.3) is 5.72 Å². The van der Waals surface area contributed by atoms with E-state index in [1.54, 1.807) is 6.92 Å². The summed E-state index contributed by atoms with van der Waals surface area (Å²) < 4.78 is 58.6. The molecular formula is C16H13F4N3O3S. The van der Waals surface area contributed by atoms with Gasteiger partial charge in [-0.15, -0.1) is 11.3 Å². The van der Waals surface area contributed by atoms with Crippen LogP contribution in [0.25, 0.3) is 0 Å². The maximum absolute atomic E-state index is 13.6. The molecule has 6 nitrogen and oxygen atoms in total. The van der Waals surface area contributed by atoms with E-state index in [0.29, 0.717) is 16.3 Å². The highest BCUT2D eigenvalue weighted by Gasteiger charge is 2.62. The molecule has 0 amide bonds. The molecule has 27 heavy (non-hydrogen) atoms. The summed E-state index contributed by atoms with van der Waals surface area (Å²) in [6, 6.07) is 4.69. The van der Waals surface area contributed by atoms with Crippen molar-refractivity contribution in [3.05, 3.63) is 46.7 Å². The summed E-state index contributed by atoms with van der Waals surface area (Å²) in [4.78, 5) is 15.5. The average Bonchev–Trinajstić information content (AvgIpc) is 3.20. The van der Waals surface area contributed by atoms with Crippen molar-refractivity contribution >= 4 is 28.1 Å². The van der Waals surface area contributed by atoms with Crippen LogP contribution >= 0.6 is 11.3 Å². The highest BCUT2D eigenvalue weighted by atomic mass is 32.1. The number of aromatic nitrogens is 1. The number of carbonyl (C=O) groups excluding carboxylic acids is 1. The fraction of sp³-hybridized carbons (Fsp3) is 0.312. The Labute approximate surface area is 154 Å². The van der Waals surface area contributed by atoms with E-state index in [1.807, 2.05) is 0 Å². The third kappa shape index (κ3) is 3.52. The number of esters is 1. The van der Waals surface area contributed by atoms with Gasteiger partial charge in [0.05, 0.1) is 18.7 Å². The van der Waals surface area contributed by atoms with Crippen LogP contribution in [0.3, 0.4) is 0 Å². The highest BCUT2D eigenvalue weighted by molar-refractivity contribution is 7.14. The number of aliphatic hydroxyl groups is 1. The lowest BCUT2D eigenvalue weighted by Gasteiger charge is -2.32. The molecule has 0 fully saturated rings. The van der Waals surface area contributed by atoms with E-state index in [2.05, 4.69) is 10.1 Å². The topological polar surface area (TPSA) is 75.0 Å². The van der Waals surface area contributed by atoms with Crippen molar-refractivity contribution in [3.8, 4) is 0 Å². The predicted molar refractivity (Wildman–Crippen MR) is 89.1 cm³/mol. The van der Waals surface area contributed by atoms with E-state index < -0.39 is 30.1 Å². The molecule has 1 atom stereocenters. The quantitative estimate of drug-likeness (QED) is 0.626. The lowest BCUT2D eigenvalue weighted by Crippen LogP contribution is -2.55. The Morgan fingerprint density at radius 3 is 2.63 bits per heavy atom. The minimum atomic E-state index is -5.06. The summed E-state index contributed by atoms with van der Waals surface area (Å²) >= 11 is 0.706. The Kier molecular flexibility index (Phi) is 4.91. The zero-order chi connectivity index (χ0) is 19.8. The number of alkyl halides is 3.